The van der Waals surface area contributed by atoms with Crippen LogP contribution in [0.2, 0.25) is 0 Å². The van der Waals surface area contributed by atoms with Gasteiger partial charge in [0.25, 0.3) is 0 Å². The van der Waals surface area contributed by atoms with Crippen molar-refractivity contribution in [3.8, 4) is 5.75 Å². The third-order valence-electron chi connectivity index (χ3n) is 5.78. The highest BCUT2D eigenvalue weighted by Gasteiger charge is 2.47. The first-order valence-corrected chi connectivity index (χ1v) is 8.66. The lowest BCUT2D eigenvalue weighted by Gasteiger charge is -2.30. The van der Waals surface area contributed by atoms with Crippen LogP contribution in [0.4, 0.5) is 0 Å². The number of benzene rings is 1. The first-order chi connectivity index (χ1) is 11.1. The average Bonchev–Trinajstić information content (AvgIpc) is 3.16. The van der Waals surface area contributed by atoms with E-state index in [1.807, 2.05) is 24.3 Å². The summed E-state index contributed by atoms with van der Waals surface area (Å²) in [5, 5.41) is 12.8. The average molecular weight is 317 g/mol. The highest BCUT2D eigenvalue weighted by atomic mass is 16.5. The third kappa shape index (κ3) is 3.37. The molecule has 5 unspecified atom stereocenters. The van der Waals surface area contributed by atoms with Gasteiger partial charge in [-0.2, -0.15) is 0 Å². The van der Waals surface area contributed by atoms with E-state index in [-0.39, 0.29) is 30.4 Å². The fourth-order valence-electron chi connectivity index (χ4n) is 4.49. The van der Waals surface area contributed by atoms with Crippen molar-refractivity contribution in [2.24, 2.45) is 17.8 Å². The highest BCUT2D eigenvalue weighted by Crippen LogP contribution is 2.48. The third-order valence-corrected chi connectivity index (χ3v) is 5.78. The molecule has 0 heterocycles. The molecule has 2 saturated carbocycles. The van der Waals surface area contributed by atoms with Crippen LogP contribution in [0.25, 0.3) is 0 Å². The zero-order valence-electron chi connectivity index (χ0n) is 14.0. The number of nitrogens with one attached hydrogen (secondary N) is 1. The molecule has 2 fully saturated rings. The number of rotatable bonds is 6. The van der Waals surface area contributed by atoms with Crippen molar-refractivity contribution in [3.63, 3.8) is 0 Å². The fourth-order valence-corrected chi connectivity index (χ4v) is 4.49. The number of ether oxygens (including phenoxy) is 1. The molecule has 2 aliphatic carbocycles. The maximum Gasteiger partial charge on any atom is 0.220 e. The minimum absolute atomic E-state index is 0.0938. The molecule has 1 amide bonds. The summed E-state index contributed by atoms with van der Waals surface area (Å²) in [5.74, 6) is 2.49. The molecule has 1 aromatic carbocycles. The van der Waals surface area contributed by atoms with Gasteiger partial charge in [-0.1, -0.05) is 19.1 Å². The van der Waals surface area contributed by atoms with Crippen molar-refractivity contribution in [2.75, 3.05) is 13.7 Å². The molecule has 5 atom stereocenters. The number of amides is 1. The maximum atomic E-state index is 12.5. The summed E-state index contributed by atoms with van der Waals surface area (Å²) >= 11 is 0. The van der Waals surface area contributed by atoms with Crippen molar-refractivity contribution in [1.29, 1.82) is 0 Å². The van der Waals surface area contributed by atoms with E-state index in [2.05, 4.69) is 12.2 Å². The van der Waals surface area contributed by atoms with Crippen LogP contribution in [0.1, 0.15) is 44.1 Å². The van der Waals surface area contributed by atoms with E-state index in [0.29, 0.717) is 18.3 Å². The summed E-state index contributed by atoms with van der Waals surface area (Å²) in [4.78, 5) is 12.5. The molecule has 2 bridgehead atoms. The summed E-state index contributed by atoms with van der Waals surface area (Å²) in [7, 11) is 1.65. The lowest BCUT2D eigenvalue weighted by molar-refractivity contribution is -0.123. The van der Waals surface area contributed by atoms with Gasteiger partial charge >= 0.3 is 0 Å². The highest BCUT2D eigenvalue weighted by molar-refractivity contribution is 5.77. The van der Waals surface area contributed by atoms with Crippen LogP contribution in [0.3, 0.4) is 0 Å². The van der Waals surface area contributed by atoms with Crippen LogP contribution >= 0.6 is 0 Å². The lowest BCUT2D eigenvalue weighted by Crippen LogP contribution is -2.45. The zero-order valence-corrected chi connectivity index (χ0v) is 14.0. The Morgan fingerprint density at radius 2 is 2.17 bits per heavy atom. The molecule has 4 heteroatoms. The van der Waals surface area contributed by atoms with E-state index in [4.69, 9.17) is 4.74 Å². The van der Waals surface area contributed by atoms with Gasteiger partial charge in [0.1, 0.15) is 5.75 Å². The van der Waals surface area contributed by atoms with Crippen LogP contribution in [0, 0.1) is 17.8 Å². The first kappa shape index (κ1) is 16.3. The Morgan fingerprint density at radius 1 is 1.39 bits per heavy atom. The van der Waals surface area contributed by atoms with E-state index in [0.717, 1.165) is 11.3 Å². The molecule has 126 valence electrons. The van der Waals surface area contributed by atoms with Gasteiger partial charge in [-0.25, -0.2) is 0 Å². The van der Waals surface area contributed by atoms with Crippen molar-refractivity contribution < 1.29 is 14.6 Å². The minimum Gasteiger partial charge on any atom is -0.497 e. The molecule has 2 aliphatic rings. The summed E-state index contributed by atoms with van der Waals surface area (Å²) in [6, 6.07) is 8.07. The van der Waals surface area contributed by atoms with Gasteiger partial charge in [-0.3, -0.25) is 4.79 Å². The Kier molecular flexibility index (Phi) is 4.90. The van der Waals surface area contributed by atoms with Crippen LogP contribution in [0.5, 0.6) is 5.75 Å². The van der Waals surface area contributed by atoms with Crippen molar-refractivity contribution in [3.05, 3.63) is 29.8 Å². The van der Waals surface area contributed by atoms with E-state index in [9.17, 15) is 9.90 Å². The fraction of sp³-hybridized carbons (Fsp3) is 0.632. The Morgan fingerprint density at radius 3 is 2.91 bits per heavy atom. The summed E-state index contributed by atoms with van der Waals surface area (Å²) in [5.41, 5.74) is 1.12. The lowest BCUT2D eigenvalue weighted by atomic mass is 9.84. The molecule has 2 N–H and O–H groups in total. The molecule has 0 radical (unpaired) electrons. The number of carbonyl (C=O) groups excluding carboxylic acids is 1. The van der Waals surface area contributed by atoms with Gasteiger partial charge < -0.3 is 15.2 Å². The van der Waals surface area contributed by atoms with E-state index in [1.165, 1.54) is 19.3 Å². The van der Waals surface area contributed by atoms with Gasteiger partial charge in [-0.15, -0.1) is 0 Å². The standard InChI is InChI=1S/C19H27NO3/c1-12(13-4-3-5-16(10-13)23-2)8-18(22)20-19-15-7-6-14(9-15)17(19)11-21/h3-5,10,12,14-15,17,19,21H,6-9,11H2,1-2H3,(H,20,22). The Balaban J connectivity index is 1.58. The number of hydrogen-bond acceptors (Lipinski definition) is 3. The monoisotopic (exact) mass is 317 g/mol. The second kappa shape index (κ2) is 6.91. The minimum atomic E-state index is 0.0938. The predicted octanol–water partition coefficient (Wildman–Crippen LogP) is 2.71. The number of carbonyl (C=O) groups is 1. The molecule has 23 heavy (non-hydrogen) atoms. The van der Waals surface area contributed by atoms with Crippen molar-refractivity contribution >= 4 is 5.91 Å². The van der Waals surface area contributed by atoms with Crippen molar-refractivity contribution in [2.45, 2.75) is 44.6 Å². The first-order valence-electron chi connectivity index (χ1n) is 8.66. The van der Waals surface area contributed by atoms with Crippen molar-refractivity contribution in [1.82, 2.24) is 5.32 Å². The Bertz CT molecular complexity index is 559. The molecule has 4 nitrogen and oxygen atoms in total. The van der Waals surface area contributed by atoms with Gasteiger partial charge in [0, 0.05) is 25.0 Å². The number of methoxy groups -OCH3 is 1. The largest absolute Gasteiger partial charge is 0.497 e. The zero-order chi connectivity index (χ0) is 16.4. The molecule has 3 rings (SSSR count). The Hall–Kier alpha value is -1.55. The second-order valence-electron chi connectivity index (χ2n) is 7.15. The van der Waals surface area contributed by atoms with E-state index >= 15 is 0 Å². The smallest absolute Gasteiger partial charge is 0.220 e. The topological polar surface area (TPSA) is 58.6 Å². The van der Waals surface area contributed by atoms with Gasteiger partial charge in [0.05, 0.1) is 7.11 Å². The van der Waals surface area contributed by atoms with Gasteiger partial charge in [0.15, 0.2) is 0 Å². The van der Waals surface area contributed by atoms with Gasteiger partial charge in [0.2, 0.25) is 5.91 Å². The van der Waals surface area contributed by atoms with Gasteiger partial charge in [-0.05, 0) is 54.7 Å². The normalized spacial score (nSPS) is 30.2. The number of hydrogen-bond donors (Lipinski definition) is 2. The Labute approximate surface area is 138 Å². The van der Waals surface area contributed by atoms with E-state index in [1.54, 1.807) is 7.11 Å². The molecule has 0 aliphatic heterocycles. The molecular formula is C19H27NO3. The summed E-state index contributed by atoms with van der Waals surface area (Å²) in [6.07, 6.45) is 4.04. The van der Waals surface area contributed by atoms with E-state index < -0.39 is 0 Å². The number of aliphatic hydroxyl groups excluding tert-OH is 1. The van der Waals surface area contributed by atoms with Crippen LogP contribution in [-0.2, 0) is 4.79 Å². The van der Waals surface area contributed by atoms with Crippen LogP contribution in [0.15, 0.2) is 24.3 Å². The summed E-state index contributed by atoms with van der Waals surface area (Å²) < 4.78 is 5.25. The summed E-state index contributed by atoms with van der Waals surface area (Å²) in [6.45, 7) is 2.26. The number of fused-ring (bicyclic) bond motifs is 2. The predicted molar refractivity (Wildman–Crippen MR) is 89.4 cm³/mol. The van der Waals surface area contributed by atoms with Crippen LogP contribution in [-0.4, -0.2) is 30.8 Å². The SMILES string of the molecule is COc1cccc(C(C)CC(=O)NC2C3CCC(C3)C2CO)c1. The molecule has 0 aromatic heterocycles. The van der Waals surface area contributed by atoms with Crippen LogP contribution < -0.4 is 10.1 Å². The maximum absolute atomic E-state index is 12.5. The quantitative estimate of drug-likeness (QED) is 0.848. The molecule has 0 spiro atoms. The second-order valence-corrected chi connectivity index (χ2v) is 7.15. The molecule has 1 aromatic rings. The molecular weight excluding hydrogens is 290 g/mol. The molecule has 0 saturated heterocycles. The number of aliphatic hydroxyl groups is 1.